The molecule has 0 saturated heterocycles. The van der Waals surface area contributed by atoms with Crippen molar-refractivity contribution in [3.05, 3.63) is 70.2 Å². The van der Waals surface area contributed by atoms with Crippen LogP contribution in [0.5, 0.6) is 0 Å². The summed E-state index contributed by atoms with van der Waals surface area (Å²) in [5, 5.41) is 4.02. The molecular formula is C25H29ClN4O. The summed E-state index contributed by atoms with van der Waals surface area (Å²) in [5.41, 5.74) is 10.8. The van der Waals surface area contributed by atoms with Crippen molar-refractivity contribution in [1.82, 2.24) is 9.97 Å². The Morgan fingerprint density at radius 2 is 1.81 bits per heavy atom. The zero-order valence-corrected chi connectivity index (χ0v) is 19.0. The van der Waals surface area contributed by atoms with Crippen LogP contribution in [0.2, 0.25) is 5.02 Å². The molecule has 6 heteroatoms. The number of nitrogens with two attached hydrogens (primary N) is 1. The quantitative estimate of drug-likeness (QED) is 0.462. The fourth-order valence-electron chi connectivity index (χ4n) is 3.49. The van der Waals surface area contributed by atoms with E-state index in [9.17, 15) is 4.79 Å². The van der Waals surface area contributed by atoms with Gasteiger partial charge in [-0.25, -0.2) is 4.98 Å². The van der Waals surface area contributed by atoms with E-state index in [0.717, 1.165) is 28.8 Å². The van der Waals surface area contributed by atoms with Gasteiger partial charge in [0.05, 0.1) is 5.69 Å². The van der Waals surface area contributed by atoms with Crippen LogP contribution in [0.15, 0.2) is 48.5 Å². The summed E-state index contributed by atoms with van der Waals surface area (Å²) in [4.78, 5) is 20.7. The number of carbonyl (C=O) groups is 1. The van der Waals surface area contributed by atoms with Gasteiger partial charge >= 0.3 is 0 Å². The number of hydrogen-bond donors (Lipinski definition) is 2. The monoisotopic (exact) mass is 436 g/mol. The summed E-state index contributed by atoms with van der Waals surface area (Å²) in [6.07, 6.45) is 1.96. The number of Topliss-reactive ketones (excluding diaryl/α,β-unsaturated/α-hetero) is 1. The first-order valence-electron chi connectivity index (χ1n) is 10.5. The molecule has 0 atom stereocenters. The maximum absolute atomic E-state index is 12.0. The van der Waals surface area contributed by atoms with Crippen molar-refractivity contribution < 1.29 is 4.79 Å². The highest BCUT2D eigenvalue weighted by atomic mass is 35.5. The minimum absolute atomic E-state index is 0.217. The second-order valence-electron chi connectivity index (χ2n) is 8.22. The van der Waals surface area contributed by atoms with E-state index >= 15 is 0 Å². The van der Waals surface area contributed by atoms with Crippen LogP contribution in [-0.4, -0.2) is 22.3 Å². The van der Waals surface area contributed by atoms with Crippen molar-refractivity contribution in [2.75, 3.05) is 17.6 Å². The minimum Gasteiger partial charge on any atom is -0.370 e. The average Bonchev–Trinajstić information content (AvgIpc) is 2.70. The SMILES string of the molecule is Cc1c(Cl)cccc1-c1cc(NCCc2ccc(CC(=O)CC(C)C)cc2)nc(N)n1. The molecule has 0 aliphatic carbocycles. The number of anilines is 2. The van der Waals surface area contributed by atoms with Gasteiger partial charge < -0.3 is 11.1 Å². The lowest BCUT2D eigenvalue weighted by Gasteiger charge is -2.11. The fourth-order valence-corrected chi connectivity index (χ4v) is 3.67. The Bertz CT molecular complexity index is 1050. The van der Waals surface area contributed by atoms with Crippen LogP contribution in [0.4, 0.5) is 11.8 Å². The Labute approximate surface area is 189 Å². The highest BCUT2D eigenvalue weighted by Gasteiger charge is 2.10. The fraction of sp³-hybridized carbons (Fsp3) is 0.320. The maximum atomic E-state index is 12.0. The molecule has 31 heavy (non-hydrogen) atoms. The Morgan fingerprint density at radius 3 is 2.52 bits per heavy atom. The molecule has 1 heterocycles. The smallest absolute Gasteiger partial charge is 0.222 e. The number of nitrogens with zero attached hydrogens (tertiary/aromatic N) is 2. The summed E-state index contributed by atoms with van der Waals surface area (Å²) < 4.78 is 0. The Balaban J connectivity index is 1.60. The first-order valence-corrected chi connectivity index (χ1v) is 10.9. The molecule has 0 bridgehead atoms. The molecule has 0 spiro atoms. The summed E-state index contributed by atoms with van der Waals surface area (Å²) in [6.45, 7) is 6.80. The summed E-state index contributed by atoms with van der Waals surface area (Å²) in [5.74, 6) is 1.58. The van der Waals surface area contributed by atoms with E-state index in [0.29, 0.717) is 36.1 Å². The number of ketones is 1. The van der Waals surface area contributed by atoms with Gasteiger partial charge in [0.25, 0.3) is 0 Å². The molecule has 0 saturated carbocycles. The molecule has 5 nitrogen and oxygen atoms in total. The zero-order valence-electron chi connectivity index (χ0n) is 18.3. The highest BCUT2D eigenvalue weighted by Crippen LogP contribution is 2.28. The van der Waals surface area contributed by atoms with Gasteiger partial charge in [0.2, 0.25) is 5.95 Å². The van der Waals surface area contributed by atoms with Gasteiger partial charge in [-0.05, 0) is 42.0 Å². The van der Waals surface area contributed by atoms with Gasteiger partial charge in [-0.1, -0.05) is 61.8 Å². The molecule has 3 N–H and O–H groups in total. The third kappa shape index (κ3) is 6.53. The molecule has 1 aromatic heterocycles. The molecule has 3 aromatic rings. The third-order valence-corrected chi connectivity index (χ3v) is 5.48. The van der Waals surface area contributed by atoms with E-state index in [1.54, 1.807) is 0 Å². The average molecular weight is 437 g/mol. The van der Waals surface area contributed by atoms with E-state index in [1.807, 2.05) is 43.3 Å². The van der Waals surface area contributed by atoms with Crippen molar-refractivity contribution in [1.29, 1.82) is 0 Å². The lowest BCUT2D eigenvalue weighted by atomic mass is 10.00. The predicted molar refractivity (Wildman–Crippen MR) is 128 cm³/mol. The van der Waals surface area contributed by atoms with Crippen LogP contribution in [0.3, 0.4) is 0 Å². The molecule has 0 unspecified atom stereocenters. The van der Waals surface area contributed by atoms with Gasteiger partial charge in [0, 0.05) is 36.0 Å². The van der Waals surface area contributed by atoms with Gasteiger partial charge in [0.1, 0.15) is 11.6 Å². The van der Waals surface area contributed by atoms with Crippen LogP contribution in [0, 0.1) is 12.8 Å². The zero-order chi connectivity index (χ0) is 22.4. The van der Waals surface area contributed by atoms with Crippen molar-refractivity contribution in [3.63, 3.8) is 0 Å². The molecular weight excluding hydrogens is 408 g/mol. The predicted octanol–water partition coefficient (Wildman–Crippen LogP) is 5.50. The Morgan fingerprint density at radius 1 is 1.10 bits per heavy atom. The van der Waals surface area contributed by atoms with Crippen molar-refractivity contribution in [2.24, 2.45) is 5.92 Å². The molecule has 0 radical (unpaired) electrons. The van der Waals surface area contributed by atoms with Gasteiger partial charge in [0.15, 0.2) is 0 Å². The van der Waals surface area contributed by atoms with Gasteiger partial charge in [-0.3, -0.25) is 4.79 Å². The van der Waals surface area contributed by atoms with Crippen LogP contribution >= 0.6 is 11.6 Å². The standard InChI is InChI=1S/C25H29ClN4O/c1-16(2)13-20(31)14-19-9-7-18(8-10-19)11-12-28-24-15-23(29-25(27)30-24)21-5-4-6-22(26)17(21)3/h4-10,15-16H,11-14H2,1-3H3,(H3,27,28,29,30). The van der Waals surface area contributed by atoms with E-state index in [4.69, 9.17) is 17.3 Å². The topological polar surface area (TPSA) is 80.9 Å². The van der Waals surface area contributed by atoms with Crippen molar-refractivity contribution in [2.45, 2.75) is 40.0 Å². The molecule has 0 fully saturated rings. The van der Waals surface area contributed by atoms with Crippen LogP contribution in [-0.2, 0) is 17.6 Å². The molecule has 2 aromatic carbocycles. The second-order valence-corrected chi connectivity index (χ2v) is 8.62. The summed E-state index contributed by atoms with van der Waals surface area (Å²) >= 11 is 6.25. The molecule has 0 amide bonds. The number of benzene rings is 2. The van der Waals surface area contributed by atoms with Gasteiger partial charge in [-0.15, -0.1) is 0 Å². The second kappa shape index (κ2) is 10.4. The van der Waals surface area contributed by atoms with E-state index < -0.39 is 0 Å². The number of hydrogen-bond acceptors (Lipinski definition) is 5. The van der Waals surface area contributed by atoms with Crippen molar-refractivity contribution >= 4 is 29.2 Å². The van der Waals surface area contributed by atoms with Crippen LogP contribution < -0.4 is 11.1 Å². The highest BCUT2D eigenvalue weighted by molar-refractivity contribution is 6.31. The largest absolute Gasteiger partial charge is 0.370 e. The van der Waals surface area contributed by atoms with Crippen LogP contribution in [0.25, 0.3) is 11.3 Å². The summed E-state index contributed by atoms with van der Waals surface area (Å²) in [7, 11) is 0. The van der Waals surface area contributed by atoms with Crippen molar-refractivity contribution in [3.8, 4) is 11.3 Å². The molecule has 3 rings (SSSR count). The van der Waals surface area contributed by atoms with E-state index in [2.05, 4.69) is 41.3 Å². The first kappa shape index (κ1) is 22.8. The summed E-state index contributed by atoms with van der Waals surface area (Å²) in [6, 6.07) is 15.8. The normalized spacial score (nSPS) is 11.0. The number of rotatable bonds is 9. The Hall–Kier alpha value is -2.92. The Kier molecular flexibility index (Phi) is 7.64. The minimum atomic E-state index is 0.217. The number of nitrogen functional groups attached to an aromatic ring is 1. The lowest BCUT2D eigenvalue weighted by Crippen LogP contribution is -2.09. The number of nitrogens with one attached hydrogen (secondary N) is 1. The lowest BCUT2D eigenvalue weighted by molar-refractivity contribution is -0.119. The molecule has 0 aliphatic heterocycles. The molecule has 162 valence electrons. The first-order chi connectivity index (χ1) is 14.8. The van der Waals surface area contributed by atoms with E-state index in [1.165, 1.54) is 5.56 Å². The number of halogens is 1. The third-order valence-electron chi connectivity index (χ3n) is 5.07. The number of carbonyl (C=O) groups excluding carboxylic acids is 1. The maximum Gasteiger partial charge on any atom is 0.222 e. The number of aromatic nitrogens is 2. The van der Waals surface area contributed by atoms with Crippen LogP contribution in [0.1, 0.15) is 37.0 Å². The molecule has 0 aliphatic rings. The van der Waals surface area contributed by atoms with Gasteiger partial charge in [-0.2, -0.15) is 4.98 Å². The van der Waals surface area contributed by atoms with E-state index in [-0.39, 0.29) is 11.7 Å².